The maximum atomic E-state index is 13.7. The highest BCUT2D eigenvalue weighted by atomic mass is 35.5. The number of morpholine rings is 1. The lowest BCUT2D eigenvalue weighted by molar-refractivity contribution is -0.120. The minimum absolute atomic E-state index is 0.0253. The first kappa shape index (κ1) is 28.5. The summed E-state index contributed by atoms with van der Waals surface area (Å²) < 4.78 is 7.48. The minimum atomic E-state index is -0.241. The van der Waals surface area contributed by atoms with Crippen molar-refractivity contribution in [3.63, 3.8) is 0 Å². The van der Waals surface area contributed by atoms with Crippen LogP contribution in [0, 0.1) is 0 Å². The van der Waals surface area contributed by atoms with E-state index in [0.717, 1.165) is 40.8 Å². The van der Waals surface area contributed by atoms with Crippen LogP contribution in [-0.2, 0) is 35.6 Å². The highest BCUT2D eigenvalue weighted by molar-refractivity contribution is 6.30. The van der Waals surface area contributed by atoms with Crippen LogP contribution < -0.4 is 10.7 Å². The lowest BCUT2D eigenvalue weighted by atomic mass is 10.0. The molecule has 10 heteroatoms. The van der Waals surface area contributed by atoms with Crippen LogP contribution in [0.4, 0.5) is 0 Å². The third kappa shape index (κ3) is 6.63. The predicted octanol–water partition coefficient (Wildman–Crippen LogP) is 2.02. The molecule has 5 rings (SSSR count). The van der Waals surface area contributed by atoms with Gasteiger partial charge in [-0.15, -0.1) is 0 Å². The van der Waals surface area contributed by atoms with Gasteiger partial charge in [0, 0.05) is 79.1 Å². The largest absolute Gasteiger partial charge is 0.395 e. The Morgan fingerprint density at radius 1 is 1.02 bits per heavy atom. The van der Waals surface area contributed by atoms with E-state index in [0.29, 0.717) is 61.9 Å². The van der Waals surface area contributed by atoms with E-state index in [-0.39, 0.29) is 31.0 Å². The van der Waals surface area contributed by atoms with E-state index in [2.05, 4.69) is 22.3 Å². The van der Waals surface area contributed by atoms with Gasteiger partial charge in [0.1, 0.15) is 0 Å². The average molecular weight is 567 g/mol. The standard InChI is InChI=1S/C30H35ClN4O5/c31-25-3-1-21(2-4-25)17-32-28(38)16-24-19-35-26(20-33(5-9-36)6-10-37)15-23-13-22(14-27(29(23)35)30(24)39)18-34-7-11-40-12-8-34/h1-4,13-15,19,36-37H,5-12,16-18,20H2,(H,32,38). The van der Waals surface area contributed by atoms with Crippen molar-refractivity contribution in [2.75, 3.05) is 52.6 Å². The number of halogens is 1. The number of rotatable bonds is 12. The number of aliphatic hydroxyl groups is 2. The van der Waals surface area contributed by atoms with Crippen molar-refractivity contribution in [2.45, 2.75) is 26.1 Å². The van der Waals surface area contributed by atoms with Gasteiger partial charge in [-0.05, 0) is 41.5 Å². The molecule has 1 aliphatic heterocycles. The van der Waals surface area contributed by atoms with Gasteiger partial charge in [0.25, 0.3) is 0 Å². The van der Waals surface area contributed by atoms with E-state index < -0.39 is 0 Å². The number of aromatic nitrogens is 1. The van der Waals surface area contributed by atoms with Crippen LogP contribution >= 0.6 is 11.6 Å². The first-order chi connectivity index (χ1) is 19.4. The smallest absolute Gasteiger partial charge is 0.224 e. The minimum Gasteiger partial charge on any atom is -0.395 e. The maximum Gasteiger partial charge on any atom is 0.224 e. The Balaban J connectivity index is 1.48. The Bertz CT molecular complexity index is 1490. The molecule has 0 saturated carbocycles. The van der Waals surface area contributed by atoms with Crippen LogP contribution in [0.15, 0.2) is 53.5 Å². The van der Waals surface area contributed by atoms with Crippen molar-refractivity contribution in [3.05, 3.63) is 86.3 Å². The lowest BCUT2D eigenvalue weighted by Crippen LogP contribution is -2.35. The van der Waals surface area contributed by atoms with Crippen LogP contribution in [-0.4, -0.2) is 82.9 Å². The van der Waals surface area contributed by atoms with Gasteiger partial charge in [-0.1, -0.05) is 23.7 Å². The Labute approximate surface area is 237 Å². The molecular weight excluding hydrogens is 532 g/mol. The molecule has 2 aromatic carbocycles. The predicted molar refractivity (Wildman–Crippen MR) is 155 cm³/mol. The summed E-state index contributed by atoms with van der Waals surface area (Å²) >= 11 is 5.96. The Kier molecular flexibility index (Phi) is 9.31. The first-order valence-corrected chi connectivity index (χ1v) is 14.0. The summed E-state index contributed by atoms with van der Waals surface area (Å²) in [6.45, 7) is 5.37. The van der Waals surface area contributed by atoms with Gasteiger partial charge in [0.05, 0.1) is 38.4 Å². The summed E-state index contributed by atoms with van der Waals surface area (Å²) in [5.74, 6) is -0.241. The average Bonchev–Trinajstić information content (AvgIpc) is 3.28. The number of hydrogen-bond acceptors (Lipinski definition) is 7. The zero-order valence-corrected chi connectivity index (χ0v) is 23.2. The fraction of sp³-hybridized carbons (Fsp3) is 0.400. The van der Waals surface area contributed by atoms with E-state index in [1.54, 1.807) is 18.3 Å². The Morgan fingerprint density at radius 3 is 2.45 bits per heavy atom. The molecular formula is C30H35ClN4O5. The van der Waals surface area contributed by atoms with Crippen molar-refractivity contribution in [2.24, 2.45) is 0 Å². The van der Waals surface area contributed by atoms with Crippen LogP contribution in [0.1, 0.15) is 22.4 Å². The quantitative estimate of drug-likeness (QED) is 0.241. The highest BCUT2D eigenvalue weighted by Gasteiger charge is 2.20. The molecule has 0 bridgehead atoms. The number of aliphatic hydroxyl groups excluding tert-OH is 2. The fourth-order valence-corrected chi connectivity index (χ4v) is 5.50. The summed E-state index contributed by atoms with van der Waals surface area (Å²) in [4.78, 5) is 31.0. The van der Waals surface area contributed by atoms with Gasteiger partial charge >= 0.3 is 0 Å². The molecule has 0 radical (unpaired) electrons. The molecule has 1 saturated heterocycles. The third-order valence-electron chi connectivity index (χ3n) is 7.37. The van der Waals surface area contributed by atoms with E-state index in [1.807, 2.05) is 27.5 Å². The van der Waals surface area contributed by atoms with E-state index >= 15 is 0 Å². The molecule has 3 heterocycles. The summed E-state index contributed by atoms with van der Waals surface area (Å²) in [6, 6.07) is 13.4. The molecule has 1 fully saturated rings. The number of hydrogen-bond donors (Lipinski definition) is 3. The molecule has 1 aliphatic rings. The molecule has 0 atom stereocenters. The Morgan fingerprint density at radius 2 is 1.75 bits per heavy atom. The number of carbonyl (C=O) groups excluding carboxylic acids is 1. The zero-order valence-electron chi connectivity index (χ0n) is 22.4. The second-order valence-corrected chi connectivity index (χ2v) is 10.7. The lowest BCUT2D eigenvalue weighted by Gasteiger charge is -2.26. The molecule has 40 heavy (non-hydrogen) atoms. The van der Waals surface area contributed by atoms with Gasteiger partial charge in [-0.2, -0.15) is 0 Å². The van der Waals surface area contributed by atoms with Crippen LogP contribution in [0.3, 0.4) is 0 Å². The summed E-state index contributed by atoms with van der Waals surface area (Å²) in [7, 11) is 0. The summed E-state index contributed by atoms with van der Waals surface area (Å²) in [6.07, 6.45) is 1.72. The zero-order chi connectivity index (χ0) is 28.1. The summed E-state index contributed by atoms with van der Waals surface area (Å²) in [5, 5.41) is 24.1. The van der Waals surface area contributed by atoms with Crippen LogP contribution in [0.5, 0.6) is 0 Å². The number of amides is 1. The number of benzene rings is 2. The van der Waals surface area contributed by atoms with Crippen molar-refractivity contribution in [3.8, 4) is 0 Å². The normalized spacial score (nSPS) is 14.5. The van der Waals surface area contributed by atoms with Crippen molar-refractivity contribution >= 4 is 33.8 Å². The topological polar surface area (TPSA) is 107 Å². The van der Waals surface area contributed by atoms with Gasteiger partial charge in [-0.25, -0.2) is 0 Å². The van der Waals surface area contributed by atoms with Gasteiger partial charge in [0.15, 0.2) is 5.43 Å². The van der Waals surface area contributed by atoms with Crippen molar-refractivity contribution in [1.82, 2.24) is 19.5 Å². The molecule has 1 amide bonds. The van der Waals surface area contributed by atoms with Crippen molar-refractivity contribution in [1.29, 1.82) is 0 Å². The number of pyridine rings is 1. The molecule has 0 unspecified atom stereocenters. The number of nitrogens with zero attached hydrogens (tertiary/aromatic N) is 3. The molecule has 4 aromatic rings. The van der Waals surface area contributed by atoms with Gasteiger partial charge in [-0.3, -0.25) is 19.4 Å². The molecule has 0 spiro atoms. The SMILES string of the molecule is O=C(Cc1cn2c(CN(CCO)CCO)cc3cc(CN4CCOCC4)cc(c1=O)c32)NCc1ccc(Cl)cc1. The molecule has 2 aromatic heterocycles. The summed E-state index contributed by atoms with van der Waals surface area (Å²) in [5.41, 5.74) is 3.98. The highest BCUT2D eigenvalue weighted by Crippen LogP contribution is 2.27. The molecule has 9 nitrogen and oxygen atoms in total. The maximum absolute atomic E-state index is 13.7. The fourth-order valence-electron chi connectivity index (χ4n) is 5.38. The number of nitrogens with one attached hydrogen (secondary N) is 1. The monoisotopic (exact) mass is 566 g/mol. The van der Waals surface area contributed by atoms with Crippen LogP contribution in [0.2, 0.25) is 5.02 Å². The van der Waals surface area contributed by atoms with Crippen LogP contribution in [0.25, 0.3) is 16.3 Å². The molecule has 212 valence electrons. The third-order valence-corrected chi connectivity index (χ3v) is 7.63. The van der Waals surface area contributed by atoms with E-state index in [4.69, 9.17) is 16.3 Å². The molecule has 3 N–H and O–H groups in total. The van der Waals surface area contributed by atoms with Gasteiger partial charge < -0.3 is 24.7 Å². The first-order valence-electron chi connectivity index (χ1n) is 13.6. The van der Waals surface area contributed by atoms with E-state index in [1.165, 1.54) is 0 Å². The van der Waals surface area contributed by atoms with Gasteiger partial charge in [0.2, 0.25) is 5.91 Å². The number of carbonyl (C=O) groups is 1. The second-order valence-electron chi connectivity index (χ2n) is 10.3. The van der Waals surface area contributed by atoms with E-state index in [9.17, 15) is 19.8 Å². The van der Waals surface area contributed by atoms with Crippen molar-refractivity contribution < 1.29 is 19.7 Å². The second kappa shape index (κ2) is 13.1. The number of ether oxygens (including phenoxy) is 1. The molecule has 0 aliphatic carbocycles. The Hall–Kier alpha value is -3.05.